The molecule has 0 aromatic carbocycles. The molecular formula is C21H32N2P2. The minimum atomic E-state index is 1.14. The first-order chi connectivity index (χ1) is 12.4. The molecule has 0 saturated heterocycles. The third-order valence-corrected chi connectivity index (χ3v) is 7.06. The molecule has 2 nitrogen and oxygen atoms in total. The topological polar surface area (TPSA) is 25.8 Å². The Hall–Kier alpha value is -0.840. The van der Waals surface area contributed by atoms with Crippen LogP contribution in [0.5, 0.6) is 0 Å². The van der Waals surface area contributed by atoms with Gasteiger partial charge in [0.2, 0.25) is 0 Å². The zero-order valence-electron chi connectivity index (χ0n) is 15.3. The van der Waals surface area contributed by atoms with Gasteiger partial charge in [-0.1, -0.05) is 12.1 Å². The predicted octanol–water partition coefficient (Wildman–Crippen LogP) is 5.57. The SMILES string of the molecule is c1ccc(CCCCPCCCPCCCCc2ccccn2)nc1. The van der Waals surface area contributed by atoms with Crippen molar-refractivity contribution in [2.45, 2.75) is 44.9 Å². The van der Waals surface area contributed by atoms with Crippen molar-refractivity contribution in [1.82, 2.24) is 9.97 Å². The zero-order valence-corrected chi connectivity index (χ0v) is 17.3. The van der Waals surface area contributed by atoms with E-state index in [1.807, 2.05) is 24.5 Å². The molecule has 0 bridgehead atoms. The molecule has 2 rings (SSSR count). The van der Waals surface area contributed by atoms with E-state index in [-0.39, 0.29) is 0 Å². The lowest BCUT2D eigenvalue weighted by Crippen LogP contribution is -1.91. The standard InChI is InChI=1S/C21H32N2P2/c1-5-14-22-20(10-1)12-3-7-16-24-18-9-19-25-17-8-4-13-21-11-2-6-15-23-21/h1-2,5-6,10-11,14-15,24-25H,3-4,7-9,12-13,16-19H2. The molecule has 2 aromatic heterocycles. The van der Waals surface area contributed by atoms with Gasteiger partial charge < -0.3 is 0 Å². The van der Waals surface area contributed by atoms with E-state index in [4.69, 9.17) is 0 Å². The smallest absolute Gasteiger partial charge is 0.0403 e. The molecule has 0 aliphatic rings. The van der Waals surface area contributed by atoms with Gasteiger partial charge in [-0.15, -0.1) is 17.2 Å². The molecule has 2 heterocycles. The molecule has 25 heavy (non-hydrogen) atoms. The Labute approximate surface area is 157 Å². The Kier molecular flexibility index (Phi) is 11.7. The minimum Gasteiger partial charge on any atom is -0.261 e. The maximum Gasteiger partial charge on any atom is 0.0403 e. The van der Waals surface area contributed by atoms with Gasteiger partial charge in [0.05, 0.1) is 0 Å². The van der Waals surface area contributed by atoms with Gasteiger partial charge in [0.15, 0.2) is 0 Å². The van der Waals surface area contributed by atoms with Crippen molar-refractivity contribution < 1.29 is 0 Å². The van der Waals surface area contributed by atoms with Crippen LogP contribution in [0.3, 0.4) is 0 Å². The van der Waals surface area contributed by atoms with E-state index in [0.717, 1.165) is 12.8 Å². The highest BCUT2D eigenvalue weighted by molar-refractivity contribution is 7.39. The summed E-state index contributed by atoms with van der Waals surface area (Å²) in [6.07, 6.45) is 18.6. The van der Waals surface area contributed by atoms with E-state index in [1.54, 1.807) is 0 Å². The minimum absolute atomic E-state index is 1.14. The molecule has 2 unspecified atom stereocenters. The second-order valence-corrected chi connectivity index (χ2v) is 9.41. The van der Waals surface area contributed by atoms with E-state index in [2.05, 4.69) is 34.2 Å². The Morgan fingerprint density at radius 2 is 1.04 bits per heavy atom. The zero-order chi connectivity index (χ0) is 17.4. The summed E-state index contributed by atoms with van der Waals surface area (Å²) in [5, 5.41) is 0. The quantitative estimate of drug-likeness (QED) is 0.319. The summed E-state index contributed by atoms with van der Waals surface area (Å²) in [5.41, 5.74) is 2.49. The Balaban J connectivity index is 1.30. The van der Waals surface area contributed by atoms with E-state index >= 15 is 0 Å². The van der Waals surface area contributed by atoms with Crippen LogP contribution in [0.4, 0.5) is 0 Å². The molecule has 2 atom stereocenters. The van der Waals surface area contributed by atoms with E-state index in [1.165, 1.54) is 85.3 Å². The van der Waals surface area contributed by atoms with Gasteiger partial charge >= 0.3 is 0 Å². The highest BCUT2D eigenvalue weighted by atomic mass is 31.1. The van der Waals surface area contributed by atoms with Crippen molar-refractivity contribution in [3.8, 4) is 0 Å². The van der Waals surface area contributed by atoms with Crippen molar-refractivity contribution in [2.75, 3.05) is 24.6 Å². The van der Waals surface area contributed by atoms with Gasteiger partial charge in [0.25, 0.3) is 0 Å². The summed E-state index contributed by atoms with van der Waals surface area (Å²) in [5.74, 6) is 0. The van der Waals surface area contributed by atoms with Crippen LogP contribution in [-0.4, -0.2) is 34.6 Å². The maximum atomic E-state index is 4.38. The average molecular weight is 374 g/mol. The van der Waals surface area contributed by atoms with E-state index in [9.17, 15) is 0 Å². The predicted molar refractivity (Wildman–Crippen MR) is 115 cm³/mol. The molecule has 0 fully saturated rings. The Morgan fingerprint density at radius 1 is 0.560 bits per heavy atom. The normalized spacial score (nSPS) is 11.8. The number of unbranched alkanes of at least 4 members (excludes halogenated alkanes) is 2. The molecule has 2 aromatic rings. The van der Waals surface area contributed by atoms with Crippen LogP contribution in [0.2, 0.25) is 0 Å². The van der Waals surface area contributed by atoms with Gasteiger partial charge in [0.1, 0.15) is 0 Å². The molecular weight excluding hydrogens is 342 g/mol. The fourth-order valence-electron chi connectivity index (χ4n) is 2.79. The lowest BCUT2D eigenvalue weighted by molar-refractivity contribution is 0.780. The molecule has 0 amide bonds. The second kappa shape index (κ2) is 14.3. The third-order valence-electron chi connectivity index (χ3n) is 4.23. The van der Waals surface area contributed by atoms with Gasteiger partial charge in [-0.3, -0.25) is 9.97 Å². The fourth-order valence-corrected chi connectivity index (χ4v) is 5.50. The van der Waals surface area contributed by atoms with Gasteiger partial charge in [-0.2, -0.15) is 0 Å². The lowest BCUT2D eigenvalue weighted by atomic mass is 10.2. The number of nitrogens with zero attached hydrogens (tertiary/aromatic N) is 2. The molecule has 0 aliphatic heterocycles. The van der Waals surface area contributed by atoms with Crippen LogP contribution in [0, 0.1) is 0 Å². The number of aryl methyl sites for hydroxylation is 2. The summed E-state index contributed by atoms with van der Waals surface area (Å²) in [7, 11) is 2.34. The van der Waals surface area contributed by atoms with Crippen molar-refractivity contribution >= 4 is 17.2 Å². The van der Waals surface area contributed by atoms with Crippen LogP contribution in [0.15, 0.2) is 48.8 Å². The summed E-state index contributed by atoms with van der Waals surface area (Å²) in [4.78, 5) is 8.77. The van der Waals surface area contributed by atoms with Crippen LogP contribution in [0.1, 0.15) is 43.5 Å². The molecule has 0 N–H and O–H groups in total. The molecule has 0 aliphatic carbocycles. The van der Waals surface area contributed by atoms with Gasteiger partial charge in [-0.25, -0.2) is 0 Å². The van der Waals surface area contributed by atoms with Crippen molar-refractivity contribution in [1.29, 1.82) is 0 Å². The summed E-state index contributed by atoms with van der Waals surface area (Å²) in [6.45, 7) is 0. The van der Waals surface area contributed by atoms with Crippen LogP contribution >= 0.6 is 17.2 Å². The fraction of sp³-hybridized carbons (Fsp3) is 0.524. The van der Waals surface area contributed by atoms with Crippen molar-refractivity contribution in [3.05, 3.63) is 60.2 Å². The van der Waals surface area contributed by atoms with Crippen LogP contribution < -0.4 is 0 Å². The first-order valence-corrected chi connectivity index (χ1v) is 12.5. The number of pyridine rings is 2. The van der Waals surface area contributed by atoms with Gasteiger partial charge in [-0.05, 0) is 93.9 Å². The van der Waals surface area contributed by atoms with Crippen LogP contribution in [-0.2, 0) is 12.8 Å². The van der Waals surface area contributed by atoms with Crippen molar-refractivity contribution in [2.24, 2.45) is 0 Å². The number of aromatic nitrogens is 2. The van der Waals surface area contributed by atoms with Crippen LogP contribution in [0.25, 0.3) is 0 Å². The third kappa shape index (κ3) is 10.7. The molecule has 4 heteroatoms. The summed E-state index contributed by atoms with van der Waals surface area (Å²) in [6, 6.07) is 12.4. The first kappa shape index (κ1) is 20.5. The Bertz CT molecular complexity index is 485. The Morgan fingerprint density at radius 3 is 1.48 bits per heavy atom. The first-order valence-electron chi connectivity index (χ1n) is 9.66. The average Bonchev–Trinajstić information content (AvgIpc) is 2.67. The summed E-state index contributed by atoms with van der Waals surface area (Å²) < 4.78 is 0. The summed E-state index contributed by atoms with van der Waals surface area (Å²) >= 11 is 0. The largest absolute Gasteiger partial charge is 0.261 e. The van der Waals surface area contributed by atoms with E-state index in [0.29, 0.717) is 0 Å². The molecule has 136 valence electrons. The van der Waals surface area contributed by atoms with Crippen molar-refractivity contribution in [3.63, 3.8) is 0 Å². The molecule has 0 saturated carbocycles. The highest BCUT2D eigenvalue weighted by Crippen LogP contribution is 2.20. The highest BCUT2D eigenvalue weighted by Gasteiger charge is 1.96. The second-order valence-electron chi connectivity index (χ2n) is 6.41. The number of hydrogen-bond donors (Lipinski definition) is 0. The molecule has 0 radical (unpaired) electrons. The van der Waals surface area contributed by atoms with Gasteiger partial charge in [0, 0.05) is 23.8 Å². The maximum absolute atomic E-state index is 4.38. The monoisotopic (exact) mass is 374 g/mol. The number of rotatable bonds is 14. The lowest BCUT2D eigenvalue weighted by Gasteiger charge is -2.04. The molecule has 0 spiro atoms. The number of hydrogen-bond acceptors (Lipinski definition) is 2. The van der Waals surface area contributed by atoms with E-state index < -0.39 is 0 Å².